The number of pyridine rings is 1. The molecule has 0 bridgehead atoms. The maximum absolute atomic E-state index is 5.96. The molecule has 3 rings (SSSR count). The van der Waals surface area contributed by atoms with Crippen LogP contribution in [0.2, 0.25) is 0 Å². The highest BCUT2D eigenvalue weighted by Crippen LogP contribution is 2.26. The van der Waals surface area contributed by atoms with Crippen molar-refractivity contribution >= 4 is 28.5 Å². The van der Waals surface area contributed by atoms with E-state index in [0.717, 1.165) is 34.8 Å². The lowest BCUT2D eigenvalue weighted by molar-refractivity contribution is 0.348. The fourth-order valence-corrected chi connectivity index (χ4v) is 3.11. The zero-order valence-corrected chi connectivity index (χ0v) is 14.0. The molecule has 0 aliphatic heterocycles. The fourth-order valence-electron chi connectivity index (χ4n) is 2.36. The van der Waals surface area contributed by atoms with Crippen LogP contribution in [0.5, 0.6) is 5.75 Å². The number of hydrogen-bond acceptors (Lipinski definition) is 4. The van der Waals surface area contributed by atoms with Gasteiger partial charge in [-0.15, -0.1) is 11.8 Å². The van der Waals surface area contributed by atoms with Gasteiger partial charge < -0.3 is 10.1 Å². The van der Waals surface area contributed by atoms with Crippen molar-refractivity contribution in [2.24, 2.45) is 0 Å². The molecule has 0 saturated heterocycles. The lowest BCUT2D eigenvalue weighted by Crippen LogP contribution is -2.02. The normalized spacial score (nSPS) is 10.7. The number of nitrogens with zero attached hydrogens (tertiary/aromatic N) is 1. The van der Waals surface area contributed by atoms with E-state index in [0.29, 0.717) is 6.61 Å². The third-order valence-corrected chi connectivity index (χ3v) is 4.38. The quantitative estimate of drug-likeness (QED) is 0.498. The second kappa shape index (κ2) is 7.88. The summed E-state index contributed by atoms with van der Waals surface area (Å²) in [7, 11) is 0. The van der Waals surface area contributed by atoms with E-state index < -0.39 is 0 Å². The molecular weight excluding hydrogens is 304 g/mol. The Balaban J connectivity index is 1.63. The highest BCUT2D eigenvalue weighted by Gasteiger charge is 2.04. The van der Waals surface area contributed by atoms with Crippen LogP contribution in [0.1, 0.15) is 6.92 Å². The van der Waals surface area contributed by atoms with E-state index in [1.165, 1.54) is 4.90 Å². The molecule has 0 aliphatic carbocycles. The summed E-state index contributed by atoms with van der Waals surface area (Å²) in [6.45, 7) is 3.61. The molecule has 0 aliphatic rings. The van der Waals surface area contributed by atoms with Gasteiger partial charge in [0, 0.05) is 22.6 Å². The summed E-state index contributed by atoms with van der Waals surface area (Å²) in [5.41, 5.74) is 0.955. The average molecular weight is 324 g/mol. The second-order valence-electron chi connectivity index (χ2n) is 5.06. The topological polar surface area (TPSA) is 34.1 Å². The fraction of sp³-hybridized carbons (Fsp3) is 0.211. The minimum Gasteiger partial charge on any atom is -0.492 e. The molecule has 0 radical (unpaired) electrons. The van der Waals surface area contributed by atoms with E-state index in [1.54, 1.807) is 11.8 Å². The zero-order valence-electron chi connectivity index (χ0n) is 13.2. The van der Waals surface area contributed by atoms with Gasteiger partial charge in [0.05, 0.1) is 12.1 Å². The van der Waals surface area contributed by atoms with Crippen molar-refractivity contribution in [2.45, 2.75) is 11.8 Å². The molecule has 4 heteroatoms. The molecule has 0 atom stereocenters. The van der Waals surface area contributed by atoms with Crippen molar-refractivity contribution in [2.75, 3.05) is 24.2 Å². The van der Waals surface area contributed by atoms with Gasteiger partial charge in [0.15, 0.2) is 0 Å². The number of thioether (sulfide) groups is 1. The third-order valence-electron chi connectivity index (χ3n) is 3.40. The predicted octanol–water partition coefficient (Wildman–Crippen LogP) is 4.84. The smallest absolute Gasteiger partial charge is 0.128 e. The Hall–Kier alpha value is -2.20. The summed E-state index contributed by atoms with van der Waals surface area (Å²) < 4.78 is 5.96. The van der Waals surface area contributed by atoms with Gasteiger partial charge in [-0.3, -0.25) is 0 Å². The highest BCUT2D eigenvalue weighted by molar-refractivity contribution is 7.99. The number of anilines is 1. The number of fused-ring (bicyclic) bond motifs is 1. The number of rotatable bonds is 7. The first-order chi connectivity index (χ1) is 11.4. The number of aromatic nitrogens is 1. The maximum Gasteiger partial charge on any atom is 0.128 e. The monoisotopic (exact) mass is 324 g/mol. The summed E-state index contributed by atoms with van der Waals surface area (Å²) in [5.74, 6) is 2.71. The van der Waals surface area contributed by atoms with Crippen molar-refractivity contribution in [3.8, 4) is 5.75 Å². The molecule has 23 heavy (non-hydrogen) atoms. The maximum atomic E-state index is 5.96. The van der Waals surface area contributed by atoms with Crippen LogP contribution in [-0.2, 0) is 0 Å². The van der Waals surface area contributed by atoms with E-state index in [4.69, 9.17) is 4.74 Å². The predicted molar refractivity (Wildman–Crippen MR) is 98.6 cm³/mol. The summed E-state index contributed by atoms with van der Waals surface area (Å²) in [6.07, 6.45) is 0. The van der Waals surface area contributed by atoms with Crippen LogP contribution in [0.4, 0.5) is 5.82 Å². The molecule has 0 fully saturated rings. The largest absolute Gasteiger partial charge is 0.492 e. The summed E-state index contributed by atoms with van der Waals surface area (Å²) in [5, 5.41) is 4.29. The standard InChI is InChI=1S/C19H20N2OS/c1-2-20-19-12-11-16-17(21-19)9-6-10-18(16)22-13-14-23-15-7-4-3-5-8-15/h3-12H,2,13-14H2,1H3,(H,20,21). The van der Waals surface area contributed by atoms with E-state index in [9.17, 15) is 0 Å². The van der Waals surface area contributed by atoms with E-state index in [2.05, 4.69) is 47.6 Å². The van der Waals surface area contributed by atoms with Gasteiger partial charge in [-0.05, 0) is 43.3 Å². The van der Waals surface area contributed by atoms with Gasteiger partial charge in [0.25, 0.3) is 0 Å². The molecule has 118 valence electrons. The molecule has 3 nitrogen and oxygen atoms in total. The lowest BCUT2D eigenvalue weighted by atomic mass is 10.2. The molecule has 1 aromatic heterocycles. The minimum absolute atomic E-state index is 0.674. The van der Waals surface area contributed by atoms with Crippen molar-refractivity contribution in [1.82, 2.24) is 4.98 Å². The molecule has 0 amide bonds. The first-order valence-corrected chi connectivity index (χ1v) is 8.79. The number of nitrogens with one attached hydrogen (secondary N) is 1. The Labute approximate surface area is 141 Å². The Bertz CT molecular complexity index is 762. The van der Waals surface area contributed by atoms with E-state index in [-0.39, 0.29) is 0 Å². The van der Waals surface area contributed by atoms with Crippen molar-refractivity contribution in [3.05, 3.63) is 60.7 Å². The molecular formula is C19H20N2OS. The minimum atomic E-state index is 0.674. The van der Waals surface area contributed by atoms with Gasteiger partial charge in [0.1, 0.15) is 11.6 Å². The summed E-state index contributed by atoms with van der Waals surface area (Å²) in [6, 6.07) is 20.5. The molecule has 0 saturated carbocycles. The Kier molecular flexibility index (Phi) is 5.37. The third kappa shape index (κ3) is 4.17. The Morgan fingerprint density at radius 3 is 2.70 bits per heavy atom. The van der Waals surface area contributed by atoms with Crippen molar-refractivity contribution in [3.63, 3.8) is 0 Å². The van der Waals surface area contributed by atoms with Crippen molar-refractivity contribution < 1.29 is 4.74 Å². The zero-order chi connectivity index (χ0) is 15.9. The molecule has 2 aromatic carbocycles. The van der Waals surface area contributed by atoms with Gasteiger partial charge >= 0.3 is 0 Å². The van der Waals surface area contributed by atoms with Crippen LogP contribution in [0.15, 0.2) is 65.6 Å². The van der Waals surface area contributed by atoms with Gasteiger partial charge in [0.2, 0.25) is 0 Å². The van der Waals surface area contributed by atoms with Gasteiger partial charge in [-0.1, -0.05) is 24.3 Å². The molecule has 3 aromatic rings. The van der Waals surface area contributed by atoms with Crippen LogP contribution < -0.4 is 10.1 Å². The molecule has 1 N–H and O–H groups in total. The van der Waals surface area contributed by atoms with Crippen LogP contribution in [0, 0.1) is 0 Å². The van der Waals surface area contributed by atoms with Crippen LogP contribution in [-0.4, -0.2) is 23.9 Å². The lowest BCUT2D eigenvalue weighted by Gasteiger charge is -2.10. The SMILES string of the molecule is CCNc1ccc2c(OCCSc3ccccc3)cccc2n1. The van der Waals surface area contributed by atoms with E-state index in [1.807, 2.05) is 30.3 Å². The first kappa shape index (κ1) is 15.7. The average Bonchev–Trinajstić information content (AvgIpc) is 2.60. The molecule has 0 spiro atoms. The summed E-state index contributed by atoms with van der Waals surface area (Å²) in [4.78, 5) is 5.87. The first-order valence-electron chi connectivity index (χ1n) is 7.81. The Morgan fingerprint density at radius 2 is 1.87 bits per heavy atom. The molecule has 0 unspecified atom stereocenters. The van der Waals surface area contributed by atoms with Crippen molar-refractivity contribution in [1.29, 1.82) is 0 Å². The number of ether oxygens (including phenoxy) is 1. The van der Waals surface area contributed by atoms with Gasteiger partial charge in [-0.25, -0.2) is 4.98 Å². The van der Waals surface area contributed by atoms with Crippen LogP contribution in [0.3, 0.4) is 0 Å². The second-order valence-corrected chi connectivity index (χ2v) is 6.23. The highest BCUT2D eigenvalue weighted by atomic mass is 32.2. The molecule has 1 heterocycles. The van der Waals surface area contributed by atoms with Gasteiger partial charge in [-0.2, -0.15) is 0 Å². The number of hydrogen-bond donors (Lipinski definition) is 1. The van der Waals surface area contributed by atoms with Crippen LogP contribution >= 0.6 is 11.8 Å². The van der Waals surface area contributed by atoms with Crippen LogP contribution in [0.25, 0.3) is 10.9 Å². The number of benzene rings is 2. The Morgan fingerprint density at radius 1 is 1.00 bits per heavy atom. The van der Waals surface area contributed by atoms with E-state index >= 15 is 0 Å². The summed E-state index contributed by atoms with van der Waals surface area (Å²) >= 11 is 1.80.